The summed E-state index contributed by atoms with van der Waals surface area (Å²) in [5, 5.41) is 0. The van der Waals surface area contributed by atoms with Crippen molar-refractivity contribution in [3.05, 3.63) is 54.1 Å². The number of rotatable bonds is 2. The zero-order valence-corrected chi connectivity index (χ0v) is 12.1. The molecular formula is C13H18N2O3S. The molecule has 0 aliphatic carbocycles. The number of benzene rings is 1. The monoisotopic (exact) mass is 282 g/mol. The first-order valence-electron chi connectivity index (χ1n) is 5.74. The molecule has 0 N–H and O–H groups in total. The highest BCUT2D eigenvalue weighted by Crippen LogP contribution is 2.02. The van der Waals surface area contributed by atoms with Crippen molar-refractivity contribution in [1.82, 2.24) is 4.57 Å². The van der Waals surface area contributed by atoms with Crippen LogP contribution in [0.15, 0.2) is 42.7 Å². The van der Waals surface area contributed by atoms with Crippen molar-refractivity contribution in [2.24, 2.45) is 14.1 Å². The molecule has 0 amide bonds. The van der Waals surface area contributed by atoms with E-state index in [2.05, 4.69) is 16.1 Å². The molecular weight excluding hydrogens is 264 g/mol. The van der Waals surface area contributed by atoms with E-state index >= 15 is 0 Å². The van der Waals surface area contributed by atoms with Crippen molar-refractivity contribution in [1.29, 1.82) is 0 Å². The molecule has 0 saturated carbocycles. The first-order valence-corrected chi connectivity index (χ1v) is 7.32. The van der Waals surface area contributed by atoms with Crippen molar-refractivity contribution < 1.29 is 17.5 Å². The lowest BCUT2D eigenvalue weighted by Crippen LogP contribution is -2.29. The summed E-state index contributed by atoms with van der Waals surface area (Å²) in [7, 11) is -0.0531. The highest BCUT2D eigenvalue weighted by atomic mass is 32.2. The summed E-state index contributed by atoms with van der Waals surface area (Å²) in [5.74, 6) is 0.846. The maximum atomic E-state index is 10.2. The zero-order chi connectivity index (χ0) is 14.5. The zero-order valence-electron chi connectivity index (χ0n) is 11.3. The Morgan fingerprint density at radius 1 is 1.26 bits per heavy atom. The van der Waals surface area contributed by atoms with E-state index in [1.807, 2.05) is 26.5 Å². The third kappa shape index (κ3) is 5.67. The van der Waals surface area contributed by atoms with Gasteiger partial charge in [-0.05, 0) is 5.56 Å². The molecule has 1 aromatic carbocycles. The maximum Gasteiger partial charge on any atom is 0.252 e. The summed E-state index contributed by atoms with van der Waals surface area (Å²) in [5.41, 5.74) is 0.530. The van der Waals surface area contributed by atoms with Crippen molar-refractivity contribution >= 4 is 10.1 Å². The second-order valence-electron chi connectivity index (χ2n) is 4.25. The third-order valence-electron chi connectivity index (χ3n) is 2.72. The number of nitrogens with zero attached hydrogens (tertiary/aromatic N) is 2. The van der Waals surface area contributed by atoms with Gasteiger partial charge in [-0.1, -0.05) is 30.3 Å². The van der Waals surface area contributed by atoms with Crippen LogP contribution in [0.1, 0.15) is 11.4 Å². The second kappa shape index (κ2) is 6.49. The lowest BCUT2D eigenvalue weighted by molar-refractivity contribution is -0.677. The second-order valence-corrected chi connectivity index (χ2v) is 5.66. The van der Waals surface area contributed by atoms with Crippen molar-refractivity contribution in [3.8, 4) is 0 Å². The first kappa shape index (κ1) is 15.4. The van der Waals surface area contributed by atoms with Gasteiger partial charge in [0.25, 0.3) is 5.82 Å². The van der Waals surface area contributed by atoms with Crippen LogP contribution in [0.4, 0.5) is 0 Å². The van der Waals surface area contributed by atoms with E-state index in [1.165, 1.54) is 5.82 Å². The minimum absolute atomic E-state index is 0.423. The molecule has 0 spiro atoms. The predicted octanol–water partition coefficient (Wildman–Crippen LogP) is 0.890. The van der Waals surface area contributed by atoms with E-state index < -0.39 is 15.9 Å². The maximum absolute atomic E-state index is 10.2. The third-order valence-corrected chi connectivity index (χ3v) is 3.41. The van der Waals surface area contributed by atoms with E-state index in [-0.39, 0.29) is 0 Å². The van der Waals surface area contributed by atoms with Crippen molar-refractivity contribution in [2.75, 3.05) is 0 Å². The van der Waals surface area contributed by atoms with Gasteiger partial charge >= 0.3 is 0 Å². The van der Waals surface area contributed by atoms with Gasteiger partial charge in [-0.3, -0.25) is 0 Å². The Kier molecular flexibility index (Phi) is 5.26. The lowest BCUT2D eigenvalue weighted by Gasteiger charge is -2.05. The molecule has 0 atom stereocenters. The summed E-state index contributed by atoms with van der Waals surface area (Å²) >= 11 is 0. The van der Waals surface area contributed by atoms with Crippen LogP contribution in [-0.4, -0.2) is 17.5 Å². The molecule has 0 aliphatic heterocycles. The molecule has 0 saturated heterocycles. The Labute approximate surface area is 113 Å². The Bertz CT molecular complexity index is 599. The van der Waals surface area contributed by atoms with Crippen LogP contribution in [0.25, 0.3) is 0 Å². The average molecular weight is 282 g/mol. The normalized spacial score (nSPS) is 10.7. The molecule has 0 radical (unpaired) electrons. The van der Waals surface area contributed by atoms with Crippen molar-refractivity contribution in [2.45, 2.75) is 12.7 Å². The summed E-state index contributed by atoms with van der Waals surface area (Å²) < 4.78 is 34.9. The fourth-order valence-electron chi connectivity index (χ4n) is 1.44. The number of aryl methyl sites for hydroxylation is 2. The van der Waals surface area contributed by atoms with Crippen LogP contribution in [0.3, 0.4) is 0 Å². The minimum Gasteiger partial charge on any atom is -0.748 e. The summed E-state index contributed by atoms with van der Waals surface area (Å²) in [4.78, 5) is 0. The molecule has 2 aromatic rings. The fourth-order valence-corrected chi connectivity index (χ4v) is 2.04. The summed E-state index contributed by atoms with van der Waals surface area (Å²) in [6, 6.07) is 8.37. The van der Waals surface area contributed by atoms with Gasteiger partial charge < -0.3 is 4.55 Å². The Morgan fingerprint density at radius 3 is 2.16 bits per heavy atom. The van der Waals surface area contributed by atoms with Gasteiger partial charge in [0, 0.05) is 6.92 Å². The summed E-state index contributed by atoms with van der Waals surface area (Å²) in [6.45, 7) is 2.08. The van der Waals surface area contributed by atoms with Gasteiger partial charge in [0.1, 0.15) is 12.4 Å². The van der Waals surface area contributed by atoms with Gasteiger partial charge in [0.2, 0.25) is 0 Å². The van der Waals surface area contributed by atoms with Crippen LogP contribution in [0.2, 0.25) is 0 Å². The molecule has 5 nitrogen and oxygen atoms in total. The van der Waals surface area contributed by atoms with Crippen LogP contribution in [0, 0.1) is 6.92 Å². The Hall–Kier alpha value is -1.66. The molecule has 6 heteroatoms. The molecule has 0 unspecified atom stereocenters. The van der Waals surface area contributed by atoms with Gasteiger partial charge in [0.05, 0.1) is 30.0 Å². The van der Waals surface area contributed by atoms with Gasteiger partial charge in [-0.25, -0.2) is 17.6 Å². The van der Waals surface area contributed by atoms with E-state index in [9.17, 15) is 13.0 Å². The highest BCUT2D eigenvalue weighted by molar-refractivity contribution is 7.84. The van der Waals surface area contributed by atoms with Crippen molar-refractivity contribution in [3.63, 3.8) is 0 Å². The molecule has 0 fully saturated rings. The predicted molar refractivity (Wildman–Crippen MR) is 71.2 cm³/mol. The van der Waals surface area contributed by atoms with E-state index in [0.29, 0.717) is 5.56 Å². The lowest BCUT2D eigenvalue weighted by atomic mass is 10.2. The SMILES string of the molecule is Cc1n(C)cc[n+]1C.O=S(=O)([O-])Cc1ccccc1. The van der Waals surface area contributed by atoms with E-state index in [0.717, 1.165) is 0 Å². The average Bonchev–Trinajstić information content (AvgIpc) is 2.61. The van der Waals surface area contributed by atoms with Gasteiger partial charge in [0.15, 0.2) is 0 Å². The molecule has 104 valence electrons. The smallest absolute Gasteiger partial charge is 0.252 e. The Morgan fingerprint density at radius 2 is 1.84 bits per heavy atom. The summed E-state index contributed by atoms with van der Waals surface area (Å²) in [6.07, 6.45) is 4.07. The standard InChI is InChI=1S/C7H8O3S.C6H11N2/c8-11(9,10)6-7-4-2-1-3-5-7;1-6-7(2)4-5-8(6)3/h1-5H,6H2,(H,8,9,10);4-5H,1-3H3/q;+1/p-1. The topological polar surface area (TPSA) is 66.0 Å². The van der Waals surface area contributed by atoms with Crippen LogP contribution < -0.4 is 4.57 Å². The van der Waals surface area contributed by atoms with E-state index in [4.69, 9.17) is 0 Å². The molecule has 1 heterocycles. The highest BCUT2D eigenvalue weighted by Gasteiger charge is 2.00. The molecule has 19 heavy (non-hydrogen) atoms. The quantitative estimate of drug-likeness (QED) is 0.607. The minimum atomic E-state index is -4.13. The molecule has 2 rings (SSSR count). The number of hydrogen-bond acceptors (Lipinski definition) is 3. The molecule has 1 aromatic heterocycles. The first-order chi connectivity index (χ1) is 8.79. The van der Waals surface area contributed by atoms with Crippen LogP contribution >= 0.6 is 0 Å². The van der Waals surface area contributed by atoms with E-state index in [1.54, 1.807) is 30.3 Å². The molecule has 0 bridgehead atoms. The Balaban J connectivity index is 0.000000200. The number of hydrogen-bond donors (Lipinski definition) is 0. The number of aromatic nitrogens is 2. The van der Waals surface area contributed by atoms with Gasteiger partial charge in [-0.15, -0.1) is 0 Å². The van der Waals surface area contributed by atoms with Crippen LogP contribution in [-0.2, 0) is 30.0 Å². The molecule has 0 aliphatic rings. The number of imidazole rings is 1. The van der Waals surface area contributed by atoms with Crippen LogP contribution in [0.5, 0.6) is 0 Å². The largest absolute Gasteiger partial charge is 0.748 e. The fraction of sp³-hybridized carbons (Fsp3) is 0.308. The van der Waals surface area contributed by atoms with Gasteiger partial charge in [-0.2, -0.15) is 0 Å².